The van der Waals surface area contributed by atoms with Crippen LogP contribution >= 0.6 is 0 Å². The summed E-state index contributed by atoms with van der Waals surface area (Å²) in [5.41, 5.74) is 1.24. The van der Waals surface area contributed by atoms with Crippen LogP contribution in [0, 0.1) is 0 Å². The lowest BCUT2D eigenvalue weighted by atomic mass is 10.0. The second-order valence-corrected chi connectivity index (χ2v) is 5.44. The SMILES string of the molecule is CNCC(OC1CC(C)OC(C)C1)c1ccccc1. The van der Waals surface area contributed by atoms with Gasteiger partial charge in [-0.3, -0.25) is 0 Å². The molecule has 19 heavy (non-hydrogen) atoms. The Morgan fingerprint density at radius 2 is 1.84 bits per heavy atom. The highest BCUT2D eigenvalue weighted by atomic mass is 16.5. The molecule has 1 saturated heterocycles. The molecule has 0 aliphatic carbocycles. The Hall–Kier alpha value is -0.900. The maximum Gasteiger partial charge on any atom is 0.0952 e. The summed E-state index contributed by atoms with van der Waals surface area (Å²) in [6.07, 6.45) is 2.96. The summed E-state index contributed by atoms with van der Waals surface area (Å²) >= 11 is 0. The Morgan fingerprint density at radius 3 is 2.42 bits per heavy atom. The number of ether oxygens (including phenoxy) is 2. The van der Waals surface area contributed by atoms with Gasteiger partial charge < -0.3 is 14.8 Å². The highest BCUT2D eigenvalue weighted by molar-refractivity contribution is 5.18. The topological polar surface area (TPSA) is 30.5 Å². The van der Waals surface area contributed by atoms with E-state index in [0.717, 1.165) is 19.4 Å². The van der Waals surface area contributed by atoms with Crippen molar-refractivity contribution in [3.63, 3.8) is 0 Å². The standard InChI is InChI=1S/C16H25NO2/c1-12-9-15(10-13(2)18-12)19-16(11-17-3)14-7-5-4-6-8-14/h4-8,12-13,15-17H,9-11H2,1-3H3. The van der Waals surface area contributed by atoms with E-state index in [4.69, 9.17) is 9.47 Å². The molecular formula is C16H25NO2. The molecule has 0 amide bonds. The molecule has 0 saturated carbocycles. The summed E-state index contributed by atoms with van der Waals surface area (Å²) in [5, 5.41) is 3.22. The Morgan fingerprint density at radius 1 is 1.21 bits per heavy atom. The van der Waals surface area contributed by atoms with Crippen molar-refractivity contribution in [2.75, 3.05) is 13.6 Å². The second-order valence-electron chi connectivity index (χ2n) is 5.44. The van der Waals surface area contributed by atoms with Gasteiger partial charge in [0.15, 0.2) is 0 Å². The minimum atomic E-state index is 0.119. The number of nitrogens with one attached hydrogen (secondary N) is 1. The van der Waals surface area contributed by atoms with E-state index in [2.05, 4.69) is 43.4 Å². The van der Waals surface area contributed by atoms with Gasteiger partial charge in [0, 0.05) is 6.54 Å². The lowest BCUT2D eigenvalue weighted by Crippen LogP contribution is -2.36. The lowest BCUT2D eigenvalue weighted by molar-refractivity contribution is -0.121. The third kappa shape index (κ3) is 4.30. The minimum absolute atomic E-state index is 0.119. The maximum absolute atomic E-state index is 6.32. The molecule has 106 valence electrons. The number of hydrogen-bond acceptors (Lipinski definition) is 3. The third-order valence-electron chi connectivity index (χ3n) is 3.57. The van der Waals surface area contributed by atoms with Gasteiger partial charge in [0.1, 0.15) is 0 Å². The fraction of sp³-hybridized carbons (Fsp3) is 0.625. The van der Waals surface area contributed by atoms with E-state index >= 15 is 0 Å². The zero-order chi connectivity index (χ0) is 13.7. The normalized spacial score (nSPS) is 29.1. The summed E-state index contributed by atoms with van der Waals surface area (Å²) in [6.45, 7) is 5.09. The van der Waals surface area contributed by atoms with E-state index in [1.54, 1.807) is 0 Å². The van der Waals surface area contributed by atoms with E-state index in [1.807, 2.05) is 13.1 Å². The van der Waals surface area contributed by atoms with Gasteiger partial charge in [0.05, 0.1) is 24.4 Å². The molecule has 0 spiro atoms. The van der Waals surface area contributed by atoms with E-state index in [0.29, 0.717) is 12.2 Å². The van der Waals surface area contributed by atoms with Gasteiger partial charge in [-0.2, -0.15) is 0 Å². The van der Waals surface area contributed by atoms with Crippen LogP contribution in [0.1, 0.15) is 38.4 Å². The maximum atomic E-state index is 6.32. The Bertz CT molecular complexity index is 358. The van der Waals surface area contributed by atoms with Gasteiger partial charge in [-0.25, -0.2) is 0 Å². The van der Waals surface area contributed by atoms with Crippen LogP contribution in [0.4, 0.5) is 0 Å². The average molecular weight is 263 g/mol. The van der Waals surface area contributed by atoms with Crippen LogP contribution in [0.25, 0.3) is 0 Å². The van der Waals surface area contributed by atoms with Gasteiger partial charge in [-0.05, 0) is 39.3 Å². The number of rotatable bonds is 5. The Labute approximate surface area is 116 Å². The first-order chi connectivity index (χ1) is 9.19. The molecule has 3 nitrogen and oxygen atoms in total. The van der Waals surface area contributed by atoms with Gasteiger partial charge in [-0.15, -0.1) is 0 Å². The van der Waals surface area contributed by atoms with E-state index in [-0.39, 0.29) is 12.2 Å². The summed E-state index contributed by atoms with van der Waals surface area (Å²) in [5.74, 6) is 0. The first kappa shape index (κ1) is 14.5. The van der Waals surface area contributed by atoms with Crippen molar-refractivity contribution in [1.29, 1.82) is 0 Å². The van der Waals surface area contributed by atoms with Gasteiger partial charge in [0.25, 0.3) is 0 Å². The minimum Gasteiger partial charge on any atom is -0.375 e. The van der Waals surface area contributed by atoms with Gasteiger partial charge in [-0.1, -0.05) is 30.3 Å². The molecule has 3 atom stereocenters. The van der Waals surface area contributed by atoms with Crippen molar-refractivity contribution in [2.24, 2.45) is 0 Å². The largest absolute Gasteiger partial charge is 0.375 e. The van der Waals surface area contributed by atoms with Crippen molar-refractivity contribution >= 4 is 0 Å². The van der Waals surface area contributed by atoms with Crippen LogP contribution in [0.2, 0.25) is 0 Å². The molecule has 1 aromatic carbocycles. The summed E-state index contributed by atoms with van der Waals surface area (Å²) in [4.78, 5) is 0. The molecule has 3 heteroatoms. The van der Waals surface area contributed by atoms with Crippen molar-refractivity contribution in [1.82, 2.24) is 5.32 Å². The lowest BCUT2D eigenvalue weighted by Gasteiger charge is -2.34. The fourth-order valence-corrected chi connectivity index (χ4v) is 2.79. The number of hydrogen-bond donors (Lipinski definition) is 1. The van der Waals surface area contributed by atoms with Crippen LogP contribution in [0.15, 0.2) is 30.3 Å². The highest BCUT2D eigenvalue weighted by Gasteiger charge is 2.27. The van der Waals surface area contributed by atoms with E-state index in [9.17, 15) is 0 Å². The van der Waals surface area contributed by atoms with Crippen molar-refractivity contribution in [2.45, 2.75) is 51.1 Å². The molecule has 0 bridgehead atoms. The molecule has 1 aliphatic rings. The summed E-state index contributed by atoms with van der Waals surface area (Å²) in [7, 11) is 1.97. The molecule has 3 unspecified atom stereocenters. The van der Waals surface area contributed by atoms with Crippen LogP contribution in [0.3, 0.4) is 0 Å². The Balaban J connectivity index is 2.00. The molecule has 1 aromatic rings. The van der Waals surface area contributed by atoms with E-state index in [1.165, 1.54) is 5.56 Å². The molecule has 2 rings (SSSR count). The predicted octanol–water partition coefficient (Wildman–Crippen LogP) is 2.92. The zero-order valence-corrected chi connectivity index (χ0v) is 12.1. The monoisotopic (exact) mass is 263 g/mol. The molecular weight excluding hydrogens is 238 g/mol. The smallest absolute Gasteiger partial charge is 0.0952 e. The molecule has 1 aliphatic heterocycles. The highest BCUT2D eigenvalue weighted by Crippen LogP contribution is 2.27. The predicted molar refractivity (Wildman–Crippen MR) is 77.2 cm³/mol. The van der Waals surface area contributed by atoms with Crippen molar-refractivity contribution < 1.29 is 9.47 Å². The molecule has 1 fully saturated rings. The number of likely N-dealkylation sites (N-methyl/N-ethyl adjacent to an activating group) is 1. The molecule has 0 aromatic heterocycles. The second kappa shape index (κ2) is 7.04. The van der Waals surface area contributed by atoms with Crippen molar-refractivity contribution in [3.8, 4) is 0 Å². The number of benzene rings is 1. The third-order valence-corrected chi connectivity index (χ3v) is 3.57. The van der Waals surface area contributed by atoms with E-state index < -0.39 is 0 Å². The molecule has 1 heterocycles. The average Bonchev–Trinajstić information content (AvgIpc) is 2.38. The quantitative estimate of drug-likeness (QED) is 0.886. The Kier molecular flexibility index (Phi) is 5.37. The van der Waals surface area contributed by atoms with Gasteiger partial charge >= 0.3 is 0 Å². The van der Waals surface area contributed by atoms with Gasteiger partial charge in [0.2, 0.25) is 0 Å². The summed E-state index contributed by atoms with van der Waals surface area (Å²) < 4.78 is 12.1. The fourth-order valence-electron chi connectivity index (χ4n) is 2.79. The summed E-state index contributed by atoms with van der Waals surface area (Å²) in [6, 6.07) is 10.4. The van der Waals surface area contributed by atoms with Crippen LogP contribution in [-0.2, 0) is 9.47 Å². The first-order valence-corrected chi connectivity index (χ1v) is 7.19. The first-order valence-electron chi connectivity index (χ1n) is 7.19. The molecule has 1 N–H and O–H groups in total. The zero-order valence-electron chi connectivity index (χ0n) is 12.1. The van der Waals surface area contributed by atoms with Crippen LogP contribution < -0.4 is 5.32 Å². The van der Waals surface area contributed by atoms with Crippen LogP contribution in [0.5, 0.6) is 0 Å². The van der Waals surface area contributed by atoms with Crippen LogP contribution in [-0.4, -0.2) is 31.9 Å². The van der Waals surface area contributed by atoms with Crippen molar-refractivity contribution in [3.05, 3.63) is 35.9 Å². The molecule has 0 radical (unpaired) electrons.